The lowest BCUT2D eigenvalue weighted by Crippen LogP contribution is -2.36. The van der Waals surface area contributed by atoms with Gasteiger partial charge < -0.3 is 10.2 Å². The lowest BCUT2D eigenvalue weighted by molar-refractivity contribution is -0.115. The van der Waals surface area contributed by atoms with Crippen LogP contribution in [0, 0.1) is 6.92 Å². The first kappa shape index (κ1) is 27.3. The molecular formula is C32H32N4O3S. The van der Waals surface area contributed by atoms with E-state index in [1.165, 1.54) is 4.31 Å². The first-order valence-electron chi connectivity index (χ1n) is 13.1. The van der Waals surface area contributed by atoms with Crippen molar-refractivity contribution >= 4 is 38.7 Å². The van der Waals surface area contributed by atoms with Crippen LogP contribution in [-0.2, 0) is 14.8 Å². The molecule has 204 valence electrons. The molecule has 1 unspecified atom stereocenters. The third-order valence-electron chi connectivity index (χ3n) is 6.88. The maximum Gasteiger partial charge on any atom is 0.264 e. The van der Waals surface area contributed by atoms with E-state index in [1.807, 2.05) is 80.5 Å². The average Bonchev–Trinajstić information content (AvgIpc) is 3.28. The molecule has 1 aliphatic heterocycles. The van der Waals surface area contributed by atoms with Gasteiger partial charge >= 0.3 is 0 Å². The van der Waals surface area contributed by atoms with Crippen molar-refractivity contribution in [2.75, 3.05) is 36.8 Å². The van der Waals surface area contributed by atoms with E-state index in [0.717, 1.165) is 22.4 Å². The summed E-state index contributed by atoms with van der Waals surface area (Å²) in [5.74, 6) is -0.684. The van der Waals surface area contributed by atoms with Crippen LogP contribution in [0.5, 0.6) is 0 Å². The lowest BCUT2D eigenvalue weighted by atomic mass is 9.90. The van der Waals surface area contributed by atoms with Gasteiger partial charge in [0.2, 0.25) is 5.91 Å². The van der Waals surface area contributed by atoms with Crippen molar-refractivity contribution in [1.82, 2.24) is 4.90 Å². The highest BCUT2D eigenvalue weighted by atomic mass is 32.2. The minimum atomic E-state index is -3.78. The van der Waals surface area contributed by atoms with Gasteiger partial charge in [-0.1, -0.05) is 66.2 Å². The Kier molecular flexibility index (Phi) is 7.82. The third-order valence-corrected chi connectivity index (χ3v) is 8.72. The summed E-state index contributed by atoms with van der Waals surface area (Å²) < 4.78 is 28.8. The van der Waals surface area contributed by atoms with Crippen molar-refractivity contribution in [2.45, 2.75) is 17.7 Å². The Labute approximate surface area is 235 Å². The molecule has 0 bridgehead atoms. The van der Waals surface area contributed by atoms with E-state index >= 15 is 0 Å². The molecule has 1 N–H and O–H groups in total. The van der Waals surface area contributed by atoms with Gasteiger partial charge in [-0.3, -0.25) is 14.1 Å². The third kappa shape index (κ3) is 5.68. The topological polar surface area (TPSA) is 82.1 Å². The van der Waals surface area contributed by atoms with E-state index < -0.39 is 15.9 Å². The molecule has 0 saturated carbocycles. The largest absolute Gasteiger partial charge is 0.325 e. The fraction of sp³-hybridized carbons (Fsp3) is 0.188. The van der Waals surface area contributed by atoms with Gasteiger partial charge in [0.25, 0.3) is 10.0 Å². The monoisotopic (exact) mass is 552 g/mol. The number of sulfonamides is 1. The van der Waals surface area contributed by atoms with Gasteiger partial charge in [0.1, 0.15) is 5.92 Å². The Morgan fingerprint density at radius 2 is 1.48 bits per heavy atom. The number of nitrogens with zero attached hydrogens (tertiary/aromatic N) is 3. The van der Waals surface area contributed by atoms with Crippen molar-refractivity contribution in [3.05, 3.63) is 120 Å². The van der Waals surface area contributed by atoms with Crippen LogP contribution in [0.2, 0.25) is 0 Å². The Morgan fingerprint density at radius 1 is 0.825 bits per heavy atom. The number of hydrogen-bond donors (Lipinski definition) is 1. The molecule has 0 spiro atoms. The van der Waals surface area contributed by atoms with E-state index in [9.17, 15) is 13.2 Å². The quantitative estimate of drug-likeness (QED) is 0.274. The van der Waals surface area contributed by atoms with Crippen molar-refractivity contribution < 1.29 is 13.2 Å². The second-order valence-corrected chi connectivity index (χ2v) is 11.9. The number of hydrogen-bond acceptors (Lipinski definition) is 5. The van der Waals surface area contributed by atoms with Crippen LogP contribution in [0.15, 0.2) is 113 Å². The number of fused-ring (bicyclic) bond motifs is 1. The zero-order valence-electron chi connectivity index (χ0n) is 22.8. The summed E-state index contributed by atoms with van der Waals surface area (Å²) in [5.41, 5.74) is 5.31. The minimum Gasteiger partial charge on any atom is -0.325 e. The predicted molar refractivity (Wildman–Crippen MR) is 161 cm³/mol. The van der Waals surface area contributed by atoms with Crippen LogP contribution in [0.1, 0.15) is 22.6 Å². The molecule has 1 aliphatic rings. The number of aliphatic imine (C=N–C) groups is 1. The second-order valence-electron chi connectivity index (χ2n) is 10.1. The van der Waals surface area contributed by atoms with Crippen LogP contribution < -0.4 is 9.62 Å². The highest BCUT2D eigenvalue weighted by molar-refractivity contribution is 7.92. The molecule has 0 radical (unpaired) electrons. The van der Waals surface area contributed by atoms with E-state index in [0.29, 0.717) is 30.2 Å². The number of benzene rings is 4. The van der Waals surface area contributed by atoms with Gasteiger partial charge in [-0.2, -0.15) is 0 Å². The highest BCUT2D eigenvalue weighted by Gasteiger charge is 2.35. The van der Waals surface area contributed by atoms with E-state index in [2.05, 4.69) is 5.32 Å². The summed E-state index contributed by atoms with van der Waals surface area (Å²) in [6.07, 6.45) is 0. The zero-order valence-corrected chi connectivity index (χ0v) is 23.6. The molecule has 1 heterocycles. The molecule has 0 aliphatic carbocycles. The molecule has 8 heteroatoms. The summed E-state index contributed by atoms with van der Waals surface area (Å²) in [4.78, 5) is 20.2. The second kappa shape index (κ2) is 11.5. The Bertz CT molecular complexity index is 1630. The molecule has 1 amide bonds. The molecule has 0 saturated heterocycles. The smallest absolute Gasteiger partial charge is 0.264 e. The summed E-state index contributed by atoms with van der Waals surface area (Å²) in [7, 11) is 0.0459. The fourth-order valence-electron chi connectivity index (χ4n) is 4.73. The molecule has 7 nitrogen and oxygen atoms in total. The first-order chi connectivity index (χ1) is 19.2. The van der Waals surface area contributed by atoms with E-state index in [-0.39, 0.29) is 10.8 Å². The standard InChI is InChI=1S/C32H32N4O3S/c1-23-13-19-27(20-14-23)40(38,39)36(22-21-35(2)3)26-17-15-25(16-18-26)33-31(24-9-5-4-6-10-24)30-28-11-7-8-12-29(28)34-32(30)37/h4-20,30H,21-22H2,1-3H3,(H,34,37). The summed E-state index contributed by atoms with van der Waals surface area (Å²) in [5, 5.41) is 2.97. The predicted octanol–water partition coefficient (Wildman–Crippen LogP) is 5.61. The van der Waals surface area contributed by atoms with Crippen LogP contribution in [0.25, 0.3) is 0 Å². The Balaban J connectivity index is 1.53. The van der Waals surface area contributed by atoms with Crippen molar-refractivity contribution in [2.24, 2.45) is 4.99 Å². The van der Waals surface area contributed by atoms with Crippen molar-refractivity contribution in [3.8, 4) is 0 Å². The van der Waals surface area contributed by atoms with Crippen molar-refractivity contribution in [3.63, 3.8) is 0 Å². The van der Waals surface area contributed by atoms with Crippen LogP contribution >= 0.6 is 0 Å². The van der Waals surface area contributed by atoms with Gasteiger partial charge in [0.05, 0.1) is 22.0 Å². The van der Waals surface area contributed by atoms with Gasteiger partial charge in [-0.25, -0.2) is 8.42 Å². The molecule has 40 heavy (non-hydrogen) atoms. The fourth-order valence-corrected chi connectivity index (χ4v) is 6.19. The van der Waals surface area contributed by atoms with E-state index in [4.69, 9.17) is 4.99 Å². The highest BCUT2D eigenvalue weighted by Crippen LogP contribution is 2.36. The van der Waals surface area contributed by atoms with Crippen LogP contribution in [0.4, 0.5) is 17.1 Å². The SMILES string of the molecule is Cc1ccc(S(=O)(=O)N(CCN(C)C)c2ccc(N=C(c3ccccc3)C3C(=O)Nc4ccccc43)cc2)cc1. The van der Waals surface area contributed by atoms with Crippen molar-refractivity contribution in [1.29, 1.82) is 0 Å². The molecule has 0 aromatic heterocycles. The first-order valence-corrected chi connectivity index (χ1v) is 14.6. The number of rotatable bonds is 9. The van der Waals surface area contributed by atoms with E-state index in [1.54, 1.807) is 48.5 Å². The maximum absolute atomic E-state index is 13.7. The molecule has 4 aromatic carbocycles. The normalized spacial score (nSPS) is 15.2. The van der Waals surface area contributed by atoms with Gasteiger partial charge in [0, 0.05) is 18.8 Å². The number of amides is 1. The number of aryl methyl sites for hydroxylation is 1. The average molecular weight is 553 g/mol. The summed E-state index contributed by atoms with van der Waals surface area (Å²) >= 11 is 0. The number of carbonyl (C=O) groups excluding carboxylic acids is 1. The zero-order chi connectivity index (χ0) is 28.3. The number of nitrogens with one attached hydrogen (secondary N) is 1. The van der Waals surface area contributed by atoms with Gasteiger partial charge in [-0.05, 0) is 74.6 Å². The summed E-state index contributed by atoms with van der Waals surface area (Å²) in [6.45, 7) is 2.77. The summed E-state index contributed by atoms with van der Waals surface area (Å²) in [6, 6.07) is 31.3. The Morgan fingerprint density at radius 3 is 2.15 bits per heavy atom. The van der Waals surface area contributed by atoms with Crippen LogP contribution in [-0.4, -0.2) is 52.1 Å². The number of para-hydroxylation sites is 1. The number of carbonyl (C=O) groups is 1. The Hall–Kier alpha value is -4.27. The molecule has 5 rings (SSSR count). The number of likely N-dealkylation sites (N-methyl/N-ethyl adjacent to an activating group) is 1. The molecule has 0 fully saturated rings. The lowest BCUT2D eigenvalue weighted by Gasteiger charge is -2.26. The van der Waals surface area contributed by atoms with Gasteiger partial charge in [-0.15, -0.1) is 0 Å². The molecule has 4 aromatic rings. The minimum absolute atomic E-state index is 0.125. The maximum atomic E-state index is 13.7. The molecular weight excluding hydrogens is 520 g/mol. The van der Waals surface area contributed by atoms with Gasteiger partial charge in [0.15, 0.2) is 0 Å². The number of anilines is 2. The van der Waals surface area contributed by atoms with Crippen LogP contribution in [0.3, 0.4) is 0 Å². The molecule has 1 atom stereocenters.